The summed E-state index contributed by atoms with van der Waals surface area (Å²) in [6.45, 7) is 0.375. The van der Waals surface area contributed by atoms with Crippen LogP contribution < -0.4 is 0 Å². The largest absolute Gasteiger partial charge is 0.471 e. The summed E-state index contributed by atoms with van der Waals surface area (Å²) >= 11 is 0. The molecule has 0 saturated carbocycles. The fourth-order valence-electron chi connectivity index (χ4n) is 1.14. The van der Waals surface area contributed by atoms with Gasteiger partial charge in [0.25, 0.3) is 6.47 Å². The lowest BCUT2D eigenvalue weighted by Gasteiger charge is -1.97. The van der Waals surface area contributed by atoms with Crippen molar-refractivity contribution in [2.45, 2.75) is 0 Å². The minimum atomic E-state index is 0.375. The first-order chi connectivity index (χ1) is 7.88. The second-order valence-electron chi connectivity index (χ2n) is 2.91. The maximum Gasteiger partial charge on any atom is 0.292 e. The second-order valence-corrected chi connectivity index (χ2v) is 2.91. The molecule has 3 heteroatoms. The van der Waals surface area contributed by atoms with Crippen molar-refractivity contribution in [2.24, 2.45) is 0 Å². The Balaban J connectivity index is 0.000000280. The molecule has 1 heterocycles. The van der Waals surface area contributed by atoms with E-state index in [2.05, 4.69) is 21.9 Å². The molecule has 0 spiro atoms. The fourth-order valence-corrected chi connectivity index (χ4v) is 1.14. The number of rotatable bonds is 2. The lowest BCUT2D eigenvalue weighted by Crippen LogP contribution is -1.79. The Hall–Kier alpha value is -2.16. The molecule has 0 fully saturated rings. The molecule has 3 nitrogen and oxygen atoms in total. The summed E-state index contributed by atoms with van der Waals surface area (Å²) in [5, 5.41) is 0. The monoisotopic (exact) mass is 215 g/mol. The first kappa shape index (κ1) is 11.9. The third-order valence-electron chi connectivity index (χ3n) is 1.83. The van der Waals surface area contributed by atoms with Crippen LogP contribution in [0.25, 0.3) is 11.3 Å². The van der Waals surface area contributed by atoms with Gasteiger partial charge in [0.2, 0.25) is 0 Å². The van der Waals surface area contributed by atoms with Crippen LogP contribution in [-0.4, -0.2) is 18.6 Å². The van der Waals surface area contributed by atoms with Crippen molar-refractivity contribution in [2.75, 3.05) is 7.11 Å². The Morgan fingerprint density at radius 1 is 1.06 bits per heavy atom. The van der Waals surface area contributed by atoms with Gasteiger partial charge in [-0.15, -0.1) is 0 Å². The molecule has 0 aliphatic carbocycles. The van der Waals surface area contributed by atoms with Crippen molar-refractivity contribution in [3.63, 3.8) is 0 Å². The summed E-state index contributed by atoms with van der Waals surface area (Å²) in [5.74, 6) is 0. The number of aromatic nitrogens is 1. The molecule has 0 amide bonds. The van der Waals surface area contributed by atoms with Gasteiger partial charge in [0, 0.05) is 11.8 Å². The highest BCUT2D eigenvalue weighted by Gasteiger charge is 1.93. The van der Waals surface area contributed by atoms with Gasteiger partial charge >= 0.3 is 0 Å². The zero-order valence-electron chi connectivity index (χ0n) is 9.04. The Labute approximate surface area is 94.7 Å². The van der Waals surface area contributed by atoms with E-state index >= 15 is 0 Å². The molecule has 0 unspecified atom stereocenters. The predicted octanol–water partition coefficient (Wildman–Crippen LogP) is 2.54. The van der Waals surface area contributed by atoms with E-state index in [-0.39, 0.29) is 0 Å². The molecular weight excluding hydrogens is 202 g/mol. The molecule has 0 aliphatic rings. The molecule has 1 aromatic heterocycles. The highest BCUT2D eigenvalue weighted by Crippen LogP contribution is 2.14. The Morgan fingerprint density at radius 3 is 2.19 bits per heavy atom. The van der Waals surface area contributed by atoms with Crippen LogP contribution in [0.2, 0.25) is 0 Å². The standard InChI is InChI=1S/C11H9N.C2H4O2/c1-2-6-10(7-3-1)11-8-4-5-9-12-11;1-4-2-3/h1-9H;2H,1H3. The van der Waals surface area contributed by atoms with E-state index in [1.54, 1.807) is 0 Å². The minimum Gasteiger partial charge on any atom is -0.471 e. The van der Waals surface area contributed by atoms with E-state index in [0.717, 1.165) is 11.3 Å². The summed E-state index contributed by atoms with van der Waals surface area (Å²) in [7, 11) is 1.31. The number of carbonyl (C=O) groups is 1. The number of benzene rings is 1. The number of hydrogen-bond donors (Lipinski definition) is 0. The molecule has 82 valence electrons. The molecule has 0 bridgehead atoms. The average molecular weight is 215 g/mol. The first-order valence-electron chi connectivity index (χ1n) is 4.81. The van der Waals surface area contributed by atoms with Gasteiger partial charge in [-0.25, -0.2) is 0 Å². The van der Waals surface area contributed by atoms with E-state index in [9.17, 15) is 0 Å². The molecule has 0 saturated heterocycles. The number of ether oxygens (including phenoxy) is 1. The summed E-state index contributed by atoms with van der Waals surface area (Å²) in [4.78, 5) is 13.2. The molecule has 1 aromatic carbocycles. The van der Waals surface area contributed by atoms with Gasteiger partial charge in [-0.1, -0.05) is 36.4 Å². The number of carbonyl (C=O) groups excluding carboxylic acids is 1. The summed E-state index contributed by atoms with van der Waals surface area (Å²) in [6, 6.07) is 16.1. The highest BCUT2D eigenvalue weighted by atomic mass is 16.5. The van der Waals surface area contributed by atoms with Crippen LogP contribution in [0.15, 0.2) is 54.7 Å². The number of methoxy groups -OCH3 is 1. The highest BCUT2D eigenvalue weighted by molar-refractivity contribution is 5.58. The van der Waals surface area contributed by atoms with Crippen LogP contribution >= 0.6 is 0 Å². The summed E-state index contributed by atoms with van der Waals surface area (Å²) in [5.41, 5.74) is 2.19. The number of pyridine rings is 1. The van der Waals surface area contributed by atoms with Crippen LogP contribution in [0.4, 0.5) is 0 Å². The average Bonchev–Trinajstić information content (AvgIpc) is 2.41. The predicted molar refractivity (Wildman–Crippen MR) is 62.7 cm³/mol. The van der Waals surface area contributed by atoms with Crippen molar-refractivity contribution in [1.29, 1.82) is 0 Å². The number of hydrogen-bond acceptors (Lipinski definition) is 3. The van der Waals surface area contributed by atoms with Crippen LogP contribution in [0.1, 0.15) is 0 Å². The molecule has 0 radical (unpaired) electrons. The van der Waals surface area contributed by atoms with Gasteiger partial charge in [0.15, 0.2) is 0 Å². The molecule has 0 aliphatic heterocycles. The molecule has 0 atom stereocenters. The van der Waals surface area contributed by atoms with E-state index < -0.39 is 0 Å². The Bertz CT molecular complexity index is 363. The zero-order chi connectivity index (χ0) is 11.6. The van der Waals surface area contributed by atoms with Gasteiger partial charge in [-0.2, -0.15) is 0 Å². The van der Waals surface area contributed by atoms with E-state index in [4.69, 9.17) is 4.79 Å². The topological polar surface area (TPSA) is 39.2 Å². The third kappa shape index (κ3) is 3.92. The smallest absolute Gasteiger partial charge is 0.292 e. The van der Waals surface area contributed by atoms with Crippen molar-refractivity contribution < 1.29 is 9.53 Å². The molecule has 2 aromatic rings. The number of nitrogens with zero attached hydrogens (tertiary/aromatic N) is 1. The van der Waals surface area contributed by atoms with Crippen molar-refractivity contribution in [3.05, 3.63) is 54.7 Å². The maximum absolute atomic E-state index is 8.95. The Morgan fingerprint density at radius 2 is 1.69 bits per heavy atom. The Kier molecular flexibility index (Phi) is 5.34. The van der Waals surface area contributed by atoms with Crippen molar-refractivity contribution in [1.82, 2.24) is 4.98 Å². The zero-order valence-corrected chi connectivity index (χ0v) is 9.04. The van der Waals surface area contributed by atoms with Gasteiger partial charge in [-0.3, -0.25) is 9.78 Å². The van der Waals surface area contributed by atoms with E-state index in [1.165, 1.54) is 7.11 Å². The van der Waals surface area contributed by atoms with E-state index in [1.807, 2.05) is 42.6 Å². The van der Waals surface area contributed by atoms with Crippen LogP contribution in [0.5, 0.6) is 0 Å². The molecule has 2 rings (SSSR count). The summed E-state index contributed by atoms with van der Waals surface area (Å²) in [6.07, 6.45) is 1.81. The molecular formula is C13H13NO2. The van der Waals surface area contributed by atoms with E-state index in [0.29, 0.717) is 6.47 Å². The van der Waals surface area contributed by atoms with Crippen LogP contribution in [-0.2, 0) is 9.53 Å². The SMILES string of the molecule is COC=O.c1ccc(-c2ccccn2)cc1. The minimum absolute atomic E-state index is 0.375. The van der Waals surface area contributed by atoms with Crippen molar-refractivity contribution >= 4 is 6.47 Å². The van der Waals surface area contributed by atoms with Gasteiger partial charge in [0.05, 0.1) is 12.8 Å². The normalized spacial score (nSPS) is 8.56. The lowest BCUT2D eigenvalue weighted by atomic mass is 10.1. The van der Waals surface area contributed by atoms with Gasteiger partial charge in [-0.05, 0) is 12.1 Å². The van der Waals surface area contributed by atoms with Crippen LogP contribution in [0.3, 0.4) is 0 Å². The van der Waals surface area contributed by atoms with Gasteiger partial charge in [0.1, 0.15) is 0 Å². The second kappa shape index (κ2) is 7.17. The van der Waals surface area contributed by atoms with Gasteiger partial charge < -0.3 is 4.74 Å². The fraction of sp³-hybridized carbons (Fsp3) is 0.0769. The first-order valence-corrected chi connectivity index (χ1v) is 4.81. The summed E-state index contributed by atoms with van der Waals surface area (Å²) < 4.78 is 3.86. The maximum atomic E-state index is 8.95. The van der Waals surface area contributed by atoms with Crippen LogP contribution in [0, 0.1) is 0 Å². The third-order valence-corrected chi connectivity index (χ3v) is 1.83. The van der Waals surface area contributed by atoms with Crippen molar-refractivity contribution in [3.8, 4) is 11.3 Å². The quantitative estimate of drug-likeness (QED) is 0.723. The lowest BCUT2D eigenvalue weighted by molar-refractivity contribution is -0.126. The molecule has 16 heavy (non-hydrogen) atoms. The molecule has 0 N–H and O–H groups in total.